The Bertz CT molecular complexity index is 122. The summed E-state index contributed by atoms with van der Waals surface area (Å²) in [5, 5.41) is 0. The van der Waals surface area contributed by atoms with Gasteiger partial charge in [-0.05, 0) is 23.7 Å². The van der Waals surface area contributed by atoms with E-state index < -0.39 is 0 Å². The SMILES string of the molecule is CC(C)CCCC(CCl)C(C)(C)C. The molecule has 0 aliphatic heterocycles. The molecule has 1 atom stereocenters. The minimum Gasteiger partial charge on any atom is -0.126 e. The van der Waals surface area contributed by atoms with Crippen molar-refractivity contribution in [2.45, 2.75) is 53.9 Å². The van der Waals surface area contributed by atoms with Gasteiger partial charge >= 0.3 is 0 Å². The number of rotatable bonds is 5. The molecule has 0 bridgehead atoms. The Labute approximate surface area is 89.1 Å². The molecule has 0 aliphatic carbocycles. The van der Waals surface area contributed by atoms with Gasteiger partial charge in [0.15, 0.2) is 0 Å². The Hall–Kier alpha value is 0.290. The lowest BCUT2D eigenvalue weighted by molar-refractivity contribution is 0.241. The molecule has 0 amide bonds. The van der Waals surface area contributed by atoms with E-state index in [-0.39, 0.29) is 0 Å². The fourth-order valence-corrected chi connectivity index (χ4v) is 2.13. The van der Waals surface area contributed by atoms with Crippen LogP contribution in [-0.4, -0.2) is 5.88 Å². The fourth-order valence-electron chi connectivity index (χ4n) is 1.51. The van der Waals surface area contributed by atoms with Crippen molar-refractivity contribution in [1.29, 1.82) is 0 Å². The quantitative estimate of drug-likeness (QED) is 0.569. The zero-order valence-electron chi connectivity index (χ0n) is 9.86. The van der Waals surface area contributed by atoms with E-state index in [2.05, 4.69) is 34.6 Å². The average Bonchev–Trinajstić information content (AvgIpc) is 1.95. The molecule has 0 aromatic carbocycles. The van der Waals surface area contributed by atoms with Gasteiger partial charge in [0.25, 0.3) is 0 Å². The van der Waals surface area contributed by atoms with Gasteiger partial charge in [-0.1, -0.05) is 47.5 Å². The molecule has 0 radical (unpaired) electrons. The molecule has 13 heavy (non-hydrogen) atoms. The van der Waals surface area contributed by atoms with Gasteiger partial charge in [0, 0.05) is 5.88 Å². The molecule has 1 heteroatoms. The monoisotopic (exact) mass is 204 g/mol. The summed E-state index contributed by atoms with van der Waals surface area (Å²) in [5.74, 6) is 2.31. The highest BCUT2D eigenvalue weighted by molar-refractivity contribution is 6.18. The van der Waals surface area contributed by atoms with E-state index in [4.69, 9.17) is 11.6 Å². The molecule has 0 aliphatic rings. The van der Waals surface area contributed by atoms with E-state index in [1.54, 1.807) is 0 Å². The molecule has 80 valence electrons. The van der Waals surface area contributed by atoms with E-state index in [0.29, 0.717) is 11.3 Å². The van der Waals surface area contributed by atoms with Gasteiger partial charge in [-0.25, -0.2) is 0 Å². The van der Waals surface area contributed by atoms with Crippen LogP contribution in [0.3, 0.4) is 0 Å². The van der Waals surface area contributed by atoms with Crippen LogP contribution in [0.15, 0.2) is 0 Å². The molecular weight excluding hydrogens is 180 g/mol. The van der Waals surface area contributed by atoms with Crippen LogP contribution in [0.25, 0.3) is 0 Å². The topological polar surface area (TPSA) is 0 Å². The first-order valence-electron chi connectivity index (χ1n) is 5.44. The lowest BCUT2D eigenvalue weighted by atomic mass is 9.79. The predicted molar refractivity (Wildman–Crippen MR) is 62.4 cm³/mol. The van der Waals surface area contributed by atoms with Gasteiger partial charge in [-0.2, -0.15) is 0 Å². The summed E-state index contributed by atoms with van der Waals surface area (Å²) in [5.41, 5.74) is 0.374. The maximum absolute atomic E-state index is 5.97. The van der Waals surface area contributed by atoms with E-state index in [1.807, 2.05) is 0 Å². The van der Waals surface area contributed by atoms with Crippen molar-refractivity contribution in [2.24, 2.45) is 17.3 Å². The first-order valence-corrected chi connectivity index (χ1v) is 5.97. The van der Waals surface area contributed by atoms with Gasteiger partial charge in [0.1, 0.15) is 0 Å². The van der Waals surface area contributed by atoms with E-state index in [0.717, 1.165) is 11.8 Å². The molecule has 0 rings (SSSR count). The zero-order chi connectivity index (χ0) is 10.5. The van der Waals surface area contributed by atoms with Gasteiger partial charge < -0.3 is 0 Å². The number of alkyl halides is 1. The smallest absolute Gasteiger partial charge is 0.0256 e. The third-order valence-electron chi connectivity index (χ3n) is 2.75. The van der Waals surface area contributed by atoms with Crippen molar-refractivity contribution >= 4 is 11.6 Å². The molecule has 0 aromatic rings. The highest BCUT2D eigenvalue weighted by Gasteiger charge is 2.22. The van der Waals surface area contributed by atoms with Crippen molar-refractivity contribution in [3.63, 3.8) is 0 Å². The van der Waals surface area contributed by atoms with Crippen LogP contribution in [0, 0.1) is 17.3 Å². The first-order chi connectivity index (χ1) is 5.88. The summed E-state index contributed by atoms with van der Waals surface area (Å²) in [6, 6.07) is 0. The molecule has 0 fully saturated rings. The van der Waals surface area contributed by atoms with Crippen molar-refractivity contribution in [2.75, 3.05) is 5.88 Å². The van der Waals surface area contributed by atoms with E-state index >= 15 is 0 Å². The lowest BCUT2D eigenvalue weighted by Crippen LogP contribution is -2.22. The van der Waals surface area contributed by atoms with Gasteiger partial charge in [-0.15, -0.1) is 11.6 Å². The molecule has 0 aromatic heterocycles. The molecule has 0 N–H and O–H groups in total. The van der Waals surface area contributed by atoms with Gasteiger partial charge in [0.2, 0.25) is 0 Å². The van der Waals surface area contributed by atoms with Crippen LogP contribution in [0.5, 0.6) is 0 Å². The normalized spacial score (nSPS) is 15.0. The minimum absolute atomic E-state index is 0.374. The van der Waals surface area contributed by atoms with Gasteiger partial charge in [0.05, 0.1) is 0 Å². The van der Waals surface area contributed by atoms with Crippen molar-refractivity contribution in [3.05, 3.63) is 0 Å². The van der Waals surface area contributed by atoms with Crippen LogP contribution < -0.4 is 0 Å². The lowest BCUT2D eigenvalue weighted by Gasteiger charge is -2.29. The molecule has 0 saturated heterocycles. The molecule has 0 spiro atoms. The second kappa shape index (κ2) is 5.90. The maximum atomic E-state index is 5.97. The summed E-state index contributed by atoms with van der Waals surface area (Å²) in [4.78, 5) is 0. The van der Waals surface area contributed by atoms with Gasteiger partial charge in [-0.3, -0.25) is 0 Å². The van der Waals surface area contributed by atoms with Crippen molar-refractivity contribution in [1.82, 2.24) is 0 Å². The molecule has 1 unspecified atom stereocenters. The summed E-state index contributed by atoms with van der Waals surface area (Å²) in [6.45, 7) is 11.4. The second-order valence-corrected chi connectivity index (χ2v) is 5.85. The molecule has 0 heterocycles. The first kappa shape index (κ1) is 13.3. The van der Waals surface area contributed by atoms with Crippen molar-refractivity contribution < 1.29 is 0 Å². The molecule has 0 nitrogen and oxygen atoms in total. The Morgan fingerprint density at radius 3 is 1.92 bits per heavy atom. The summed E-state index contributed by atoms with van der Waals surface area (Å²) in [6.07, 6.45) is 3.95. The number of hydrogen-bond acceptors (Lipinski definition) is 0. The molecular formula is C12H25Cl. The number of hydrogen-bond donors (Lipinski definition) is 0. The summed E-state index contributed by atoms with van der Waals surface area (Å²) in [7, 11) is 0. The standard InChI is InChI=1S/C12H25Cl/c1-10(2)7-6-8-11(9-13)12(3,4)5/h10-11H,6-9H2,1-5H3. The average molecular weight is 205 g/mol. The second-order valence-electron chi connectivity index (χ2n) is 5.54. The Morgan fingerprint density at radius 2 is 1.62 bits per heavy atom. The summed E-state index contributed by atoms with van der Waals surface area (Å²) < 4.78 is 0. The fraction of sp³-hybridized carbons (Fsp3) is 1.00. The van der Waals surface area contributed by atoms with Crippen LogP contribution >= 0.6 is 11.6 Å². The minimum atomic E-state index is 0.374. The Kier molecular flexibility index (Phi) is 6.04. The maximum Gasteiger partial charge on any atom is 0.0256 e. The van der Waals surface area contributed by atoms with Crippen LogP contribution in [-0.2, 0) is 0 Å². The van der Waals surface area contributed by atoms with Crippen LogP contribution in [0.2, 0.25) is 0 Å². The third-order valence-corrected chi connectivity index (χ3v) is 3.12. The highest BCUT2D eigenvalue weighted by atomic mass is 35.5. The largest absolute Gasteiger partial charge is 0.126 e. The Morgan fingerprint density at radius 1 is 1.08 bits per heavy atom. The summed E-state index contributed by atoms with van der Waals surface area (Å²) >= 11 is 5.97. The Balaban J connectivity index is 3.73. The van der Waals surface area contributed by atoms with Crippen LogP contribution in [0.1, 0.15) is 53.9 Å². The third kappa shape index (κ3) is 6.37. The van der Waals surface area contributed by atoms with Crippen molar-refractivity contribution in [3.8, 4) is 0 Å². The van der Waals surface area contributed by atoms with E-state index in [9.17, 15) is 0 Å². The zero-order valence-corrected chi connectivity index (χ0v) is 10.6. The van der Waals surface area contributed by atoms with E-state index in [1.165, 1.54) is 19.3 Å². The van der Waals surface area contributed by atoms with Crippen LogP contribution in [0.4, 0.5) is 0 Å². The molecule has 0 saturated carbocycles. The predicted octanol–water partition coefficient (Wildman–Crippen LogP) is 4.71. The number of halogens is 1. The highest BCUT2D eigenvalue weighted by Crippen LogP contribution is 2.31.